The third-order valence-corrected chi connectivity index (χ3v) is 3.93. The first-order chi connectivity index (χ1) is 9.40. The van der Waals surface area contributed by atoms with Gasteiger partial charge >= 0.3 is 5.97 Å². The predicted octanol–water partition coefficient (Wildman–Crippen LogP) is 3.45. The molecule has 0 unspecified atom stereocenters. The monoisotopic (exact) mass is 293 g/mol. The van der Waals surface area contributed by atoms with E-state index in [4.69, 9.17) is 5.11 Å². The lowest BCUT2D eigenvalue weighted by Crippen LogP contribution is -2.15. The summed E-state index contributed by atoms with van der Waals surface area (Å²) in [5.74, 6) is -1.96. The molecule has 0 fully saturated rings. The minimum Gasteiger partial charge on any atom is -0.477 e. The van der Waals surface area contributed by atoms with Crippen molar-refractivity contribution in [1.82, 2.24) is 0 Å². The molecule has 0 saturated carbocycles. The van der Waals surface area contributed by atoms with E-state index in [1.165, 1.54) is 18.2 Å². The van der Waals surface area contributed by atoms with E-state index in [9.17, 15) is 14.0 Å². The van der Waals surface area contributed by atoms with E-state index in [2.05, 4.69) is 5.32 Å². The normalized spacial score (nSPS) is 10.3. The van der Waals surface area contributed by atoms with Crippen molar-refractivity contribution < 1.29 is 19.1 Å². The van der Waals surface area contributed by atoms with Crippen LogP contribution in [-0.4, -0.2) is 17.0 Å². The molecule has 0 saturated heterocycles. The van der Waals surface area contributed by atoms with E-state index in [0.29, 0.717) is 16.7 Å². The summed E-state index contributed by atoms with van der Waals surface area (Å²) in [5.41, 5.74) is 1.78. The molecule has 1 aromatic heterocycles. The van der Waals surface area contributed by atoms with Crippen LogP contribution in [0.5, 0.6) is 0 Å². The van der Waals surface area contributed by atoms with Gasteiger partial charge < -0.3 is 10.4 Å². The molecule has 2 rings (SSSR count). The van der Waals surface area contributed by atoms with Crippen LogP contribution in [0.1, 0.15) is 31.2 Å². The Kier molecular flexibility index (Phi) is 3.85. The molecular formula is C14H12FNO3S. The summed E-state index contributed by atoms with van der Waals surface area (Å²) in [5, 5.41) is 13.3. The zero-order chi connectivity index (χ0) is 14.9. The van der Waals surface area contributed by atoms with Gasteiger partial charge in [0.05, 0.1) is 5.69 Å². The third-order valence-electron chi connectivity index (χ3n) is 2.84. The van der Waals surface area contributed by atoms with E-state index in [0.717, 1.165) is 11.3 Å². The largest absolute Gasteiger partial charge is 0.477 e. The number of anilines is 1. The van der Waals surface area contributed by atoms with Crippen LogP contribution in [-0.2, 0) is 0 Å². The molecule has 1 amide bonds. The van der Waals surface area contributed by atoms with Gasteiger partial charge in [0.1, 0.15) is 10.7 Å². The number of nitrogens with one attached hydrogen (secondary N) is 1. The van der Waals surface area contributed by atoms with Crippen LogP contribution in [0.2, 0.25) is 0 Å². The second-order valence-electron chi connectivity index (χ2n) is 4.34. The Bertz CT molecular complexity index is 694. The Morgan fingerprint density at radius 2 is 1.95 bits per heavy atom. The van der Waals surface area contributed by atoms with Gasteiger partial charge in [0.2, 0.25) is 0 Å². The third kappa shape index (κ3) is 2.70. The van der Waals surface area contributed by atoms with Gasteiger partial charge in [-0.3, -0.25) is 4.79 Å². The Hall–Kier alpha value is -2.21. The number of amides is 1. The van der Waals surface area contributed by atoms with Crippen LogP contribution >= 0.6 is 11.3 Å². The number of aryl methyl sites for hydroxylation is 2. The molecule has 104 valence electrons. The number of carboxylic acids is 1. The molecule has 0 aliphatic carbocycles. The summed E-state index contributed by atoms with van der Waals surface area (Å²) in [6, 6.07) is 3.83. The molecular weight excluding hydrogens is 281 g/mol. The molecule has 2 N–H and O–H groups in total. The van der Waals surface area contributed by atoms with Gasteiger partial charge in [0, 0.05) is 5.56 Å². The summed E-state index contributed by atoms with van der Waals surface area (Å²) in [6.07, 6.45) is 0. The van der Waals surface area contributed by atoms with Crippen LogP contribution in [0.15, 0.2) is 23.6 Å². The molecule has 2 aromatic rings. The molecule has 0 spiro atoms. The highest BCUT2D eigenvalue weighted by Gasteiger charge is 2.18. The summed E-state index contributed by atoms with van der Waals surface area (Å²) in [7, 11) is 0. The molecule has 20 heavy (non-hydrogen) atoms. The highest BCUT2D eigenvalue weighted by Crippen LogP contribution is 2.28. The molecule has 4 nitrogen and oxygen atoms in total. The van der Waals surface area contributed by atoms with Crippen molar-refractivity contribution in [2.75, 3.05) is 5.32 Å². The average molecular weight is 293 g/mol. The standard InChI is InChI=1S/C14H12FNO3S/c1-7-5-9(15)3-4-10(7)13(17)16-11-8(2)6-20-12(11)14(18)19/h3-6H,1-2H3,(H,16,17)(H,18,19). The van der Waals surface area contributed by atoms with Crippen LogP contribution in [0.3, 0.4) is 0 Å². The summed E-state index contributed by atoms with van der Waals surface area (Å²) in [4.78, 5) is 23.3. The number of halogens is 1. The maximum atomic E-state index is 13.0. The number of carboxylic acid groups (broad SMARTS) is 1. The lowest BCUT2D eigenvalue weighted by atomic mass is 10.1. The zero-order valence-electron chi connectivity index (χ0n) is 10.9. The molecule has 0 bridgehead atoms. The fourth-order valence-corrected chi connectivity index (χ4v) is 2.66. The molecule has 0 aliphatic heterocycles. The predicted molar refractivity (Wildman–Crippen MR) is 75.1 cm³/mol. The zero-order valence-corrected chi connectivity index (χ0v) is 11.7. The minimum atomic E-state index is -1.09. The average Bonchev–Trinajstić information content (AvgIpc) is 2.71. The van der Waals surface area contributed by atoms with Gasteiger partial charge in [-0.05, 0) is 48.6 Å². The number of carbonyl (C=O) groups excluding carboxylic acids is 1. The van der Waals surface area contributed by atoms with Crippen LogP contribution in [0.25, 0.3) is 0 Å². The van der Waals surface area contributed by atoms with Gasteiger partial charge in [-0.25, -0.2) is 9.18 Å². The van der Waals surface area contributed by atoms with Crippen molar-refractivity contribution in [3.63, 3.8) is 0 Å². The van der Waals surface area contributed by atoms with E-state index in [1.807, 2.05) is 0 Å². The summed E-state index contributed by atoms with van der Waals surface area (Å²) >= 11 is 1.05. The number of carbonyl (C=O) groups is 2. The number of rotatable bonds is 3. The van der Waals surface area contributed by atoms with Gasteiger partial charge in [-0.2, -0.15) is 0 Å². The number of aromatic carboxylic acids is 1. The molecule has 0 radical (unpaired) electrons. The van der Waals surface area contributed by atoms with Crippen LogP contribution < -0.4 is 5.32 Å². The lowest BCUT2D eigenvalue weighted by Gasteiger charge is -2.08. The molecule has 0 atom stereocenters. The van der Waals surface area contributed by atoms with Crippen molar-refractivity contribution >= 4 is 28.9 Å². The first-order valence-corrected chi connectivity index (χ1v) is 6.67. The van der Waals surface area contributed by atoms with E-state index >= 15 is 0 Å². The van der Waals surface area contributed by atoms with Gasteiger partial charge in [-0.1, -0.05) is 0 Å². The second-order valence-corrected chi connectivity index (χ2v) is 5.22. The number of thiophene rings is 1. The SMILES string of the molecule is Cc1cc(F)ccc1C(=O)Nc1c(C)csc1C(=O)O. The van der Waals surface area contributed by atoms with Crippen molar-refractivity contribution in [2.45, 2.75) is 13.8 Å². The topological polar surface area (TPSA) is 66.4 Å². The van der Waals surface area contributed by atoms with E-state index in [1.54, 1.807) is 19.2 Å². The fraction of sp³-hybridized carbons (Fsp3) is 0.143. The second kappa shape index (κ2) is 5.42. The number of benzene rings is 1. The molecule has 1 heterocycles. The Balaban J connectivity index is 2.33. The van der Waals surface area contributed by atoms with Crippen LogP contribution in [0, 0.1) is 19.7 Å². The van der Waals surface area contributed by atoms with Gasteiger partial charge in [0.25, 0.3) is 5.91 Å². The number of hydrogen-bond donors (Lipinski definition) is 2. The smallest absolute Gasteiger partial charge is 0.348 e. The van der Waals surface area contributed by atoms with Crippen molar-refractivity contribution in [1.29, 1.82) is 0 Å². The van der Waals surface area contributed by atoms with Gasteiger partial charge in [0.15, 0.2) is 0 Å². The van der Waals surface area contributed by atoms with Crippen LogP contribution in [0.4, 0.5) is 10.1 Å². The van der Waals surface area contributed by atoms with E-state index < -0.39 is 17.7 Å². The van der Waals surface area contributed by atoms with Gasteiger partial charge in [-0.15, -0.1) is 11.3 Å². The van der Waals surface area contributed by atoms with Crippen molar-refractivity contribution in [3.8, 4) is 0 Å². The first-order valence-electron chi connectivity index (χ1n) is 5.79. The number of hydrogen-bond acceptors (Lipinski definition) is 3. The highest BCUT2D eigenvalue weighted by molar-refractivity contribution is 7.12. The maximum Gasteiger partial charge on any atom is 0.348 e. The minimum absolute atomic E-state index is 0.0793. The highest BCUT2D eigenvalue weighted by atomic mass is 32.1. The fourth-order valence-electron chi connectivity index (χ4n) is 1.82. The Morgan fingerprint density at radius 3 is 2.55 bits per heavy atom. The first kappa shape index (κ1) is 14.2. The summed E-state index contributed by atoms with van der Waals surface area (Å²) < 4.78 is 13.0. The molecule has 6 heteroatoms. The molecule has 0 aliphatic rings. The Labute approximate surface area is 118 Å². The van der Waals surface area contributed by atoms with Crippen molar-refractivity contribution in [3.05, 3.63) is 51.0 Å². The molecule has 1 aromatic carbocycles. The maximum absolute atomic E-state index is 13.0. The quantitative estimate of drug-likeness (QED) is 0.910. The van der Waals surface area contributed by atoms with E-state index in [-0.39, 0.29) is 10.6 Å². The lowest BCUT2D eigenvalue weighted by molar-refractivity contribution is 0.0703. The van der Waals surface area contributed by atoms with Crippen molar-refractivity contribution in [2.24, 2.45) is 0 Å². The summed E-state index contributed by atoms with van der Waals surface area (Å²) in [6.45, 7) is 3.34. The Morgan fingerprint density at radius 1 is 1.25 bits per heavy atom.